The molecule has 0 radical (unpaired) electrons. The van der Waals surface area contributed by atoms with Gasteiger partial charge in [-0.2, -0.15) is 0 Å². The van der Waals surface area contributed by atoms with E-state index >= 15 is 0 Å². The zero-order valence-corrected chi connectivity index (χ0v) is 6.32. The van der Waals surface area contributed by atoms with Crippen LogP contribution in [-0.4, -0.2) is 16.2 Å². The molecule has 1 aromatic rings. The number of rotatable bonds is 1. The Morgan fingerprint density at radius 2 is 1.67 bits per heavy atom. The first-order valence-corrected chi connectivity index (χ1v) is 3.33. The number of hydrogen-bond acceptors (Lipinski definition) is 2. The monoisotopic (exact) mass is 164 g/mol. The van der Waals surface area contributed by atoms with Crippen LogP contribution in [0.5, 0.6) is 0 Å². The van der Waals surface area contributed by atoms with Crippen molar-refractivity contribution in [1.82, 2.24) is 0 Å². The van der Waals surface area contributed by atoms with Crippen LogP contribution in [0.25, 0.3) is 12.3 Å². The maximum Gasteiger partial charge on any atom is 0.371 e. The molecule has 0 aromatic heterocycles. The molecule has 0 fully saturated rings. The Kier molecular flexibility index (Phi) is 2.14. The number of aliphatic hydroxyl groups excluding tert-OH is 1. The second-order valence-electron chi connectivity index (χ2n) is 2.35. The summed E-state index contributed by atoms with van der Waals surface area (Å²) >= 11 is 0. The van der Waals surface area contributed by atoms with E-state index < -0.39 is 11.7 Å². The van der Waals surface area contributed by atoms with Gasteiger partial charge in [-0.05, 0) is 5.22 Å². The number of carboxylic acids is 1. The molecule has 0 amide bonds. The van der Waals surface area contributed by atoms with E-state index in [0.29, 0.717) is 0 Å². The van der Waals surface area contributed by atoms with Crippen LogP contribution in [0.15, 0.2) is 24.3 Å². The Balaban J connectivity index is 3.37. The topological polar surface area (TPSA) is 57.5 Å². The Hall–Kier alpha value is -1.77. The highest BCUT2D eigenvalue weighted by Crippen LogP contribution is 1.83. The maximum atomic E-state index is 10.3. The van der Waals surface area contributed by atoms with Crippen molar-refractivity contribution in [3.05, 3.63) is 34.7 Å². The summed E-state index contributed by atoms with van der Waals surface area (Å²) in [5.41, 5.74) is 0. The van der Waals surface area contributed by atoms with E-state index in [4.69, 9.17) is 10.2 Å². The highest BCUT2D eigenvalue weighted by Gasteiger charge is 2.02. The van der Waals surface area contributed by atoms with Crippen LogP contribution in [0.1, 0.15) is 0 Å². The molecule has 3 nitrogen and oxygen atoms in total. The largest absolute Gasteiger partial charge is 0.501 e. The van der Waals surface area contributed by atoms with Crippen molar-refractivity contribution in [2.75, 3.05) is 0 Å². The molecule has 2 N–H and O–H groups in total. The van der Waals surface area contributed by atoms with Crippen LogP contribution in [0, 0.1) is 0 Å². The van der Waals surface area contributed by atoms with Gasteiger partial charge in [0.1, 0.15) is 0 Å². The van der Waals surface area contributed by atoms with E-state index in [1.54, 1.807) is 12.1 Å². The number of benzene rings is 1. The van der Waals surface area contributed by atoms with Gasteiger partial charge in [-0.3, -0.25) is 0 Å². The molecule has 1 aromatic carbocycles. The molecule has 0 unspecified atom stereocenters. The van der Waals surface area contributed by atoms with E-state index in [1.165, 1.54) is 12.1 Å². The summed E-state index contributed by atoms with van der Waals surface area (Å²) in [6, 6.07) is 6.28. The Bertz CT molecular complexity index is 383. The molecule has 12 heavy (non-hydrogen) atoms. The average molecular weight is 164 g/mol. The summed E-state index contributed by atoms with van der Waals surface area (Å²) in [4.78, 5) is 10.3. The standard InChI is InChI=1S/C9H8O3/c1-6-2-4-7(5-3-6)8(10)9(11)12/h2-5,10H,1H2,(H,11,12). The second kappa shape index (κ2) is 3.09. The maximum absolute atomic E-state index is 10.3. The van der Waals surface area contributed by atoms with Crippen LogP contribution in [0.2, 0.25) is 0 Å². The molecule has 0 heterocycles. The third kappa shape index (κ3) is 1.63. The lowest BCUT2D eigenvalue weighted by atomic mass is 10.2. The van der Waals surface area contributed by atoms with Gasteiger partial charge < -0.3 is 10.2 Å². The van der Waals surface area contributed by atoms with Crippen LogP contribution in [0.3, 0.4) is 0 Å². The molecule has 0 saturated heterocycles. The van der Waals surface area contributed by atoms with E-state index in [1.807, 2.05) is 0 Å². The average Bonchev–Trinajstić information content (AvgIpc) is 2.04. The van der Waals surface area contributed by atoms with Gasteiger partial charge in [-0.25, -0.2) is 4.79 Å². The van der Waals surface area contributed by atoms with E-state index in [0.717, 1.165) is 5.22 Å². The minimum Gasteiger partial charge on any atom is -0.501 e. The zero-order valence-electron chi connectivity index (χ0n) is 6.32. The number of carbonyl (C=O) groups is 1. The molecule has 0 atom stereocenters. The number of carboxylic acid groups (broad SMARTS) is 1. The second-order valence-corrected chi connectivity index (χ2v) is 2.35. The van der Waals surface area contributed by atoms with Gasteiger partial charge in [0.2, 0.25) is 5.76 Å². The lowest BCUT2D eigenvalue weighted by Crippen LogP contribution is -2.14. The summed E-state index contributed by atoms with van der Waals surface area (Å²) in [5.74, 6) is -1.97. The summed E-state index contributed by atoms with van der Waals surface area (Å²) in [7, 11) is 0. The number of aliphatic hydroxyl groups is 1. The third-order valence-corrected chi connectivity index (χ3v) is 1.43. The molecule has 1 rings (SSSR count). The minimum atomic E-state index is -1.33. The highest BCUT2D eigenvalue weighted by atomic mass is 16.4. The predicted octanol–water partition coefficient (Wildman–Crippen LogP) is -0.152. The fraction of sp³-hybridized carbons (Fsp3) is 0. The summed E-state index contributed by atoms with van der Waals surface area (Å²) in [6.07, 6.45) is 0. The molecule has 62 valence electrons. The van der Waals surface area contributed by atoms with E-state index in [-0.39, 0.29) is 5.22 Å². The van der Waals surface area contributed by atoms with Gasteiger partial charge in [-0.1, -0.05) is 30.8 Å². The van der Waals surface area contributed by atoms with Crippen molar-refractivity contribution in [3.8, 4) is 0 Å². The van der Waals surface area contributed by atoms with Gasteiger partial charge >= 0.3 is 5.97 Å². The van der Waals surface area contributed by atoms with Gasteiger partial charge in [0.25, 0.3) is 0 Å². The molecule has 3 heteroatoms. The third-order valence-electron chi connectivity index (χ3n) is 1.43. The van der Waals surface area contributed by atoms with Crippen LogP contribution in [0.4, 0.5) is 0 Å². The molecule has 0 aliphatic heterocycles. The lowest BCUT2D eigenvalue weighted by Gasteiger charge is -1.90. The number of hydrogen-bond donors (Lipinski definition) is 2. The Labute approximate surface area is 68.9 Å². The predicted molar refractivity (Wildman–Crippen MR) is 44.9 cm³/mol. The smallest absolute Gasteiger partial charge is 0.371 e. The first-order valence-electron chi connectivity index (χ1n) is 3.33. The summed E-state index contributed by atoms with van der Waals surface area (Å²) in [6.45, 7) is 3.63. The molecule has 0 aliphatic rings. The van der Waals surface area contributed by atoms with E-state index in [9.17, 15) is 4.79 Å². The van der Waals surface area contributed by atoms with Crippen LogP contribution < -0.4 is 10.4 Å². The molecular weight excluding hydrogens is 156 g/mol. The van der Waals surface area contributed by atoms with Gasteiger partial charge in [0, 0.05) is 5.22 Å². The SMILES string of the molecule is C=c1ccc(=C(O)C(=O)O)cc1. The van der Waals surface area contributed by atoms with Crippen molar-refractivity contribution in [2.24, 2.45) is 0 Å². The fourth-order valence-corrected chi connectivity index (χ4v) is 0.786. The van der Waals surface area contributed by atoms with Crippen molar-refractivity contribution in [1.29, 1.82) is 0 Å². The van der Waals surface area contributed by atoms with Crippen molar-refractivity contribution >= 4 is 18.3 Å². The molecular formula is C9H8O3. The van der Waals surface area contributed by atoms with Crippen LogP contribution >= 0.6 is 0 Å². The Morgan fingerprint density at radius 3 is 2.08 bits per heavy atom. The number of aliphatic carboxylic acids is 1. The van der Waals surface area contributed by atoms with Gasteiger partial charge in [0.05, 0.1) is 0 Å². The summed E-state index contributed by atoms with van der Waals surface area (Å²) < 4.78 is 0. The summed E-state index contributed by atoms with van der Waals surface area (Å²) in [5, 5.41) is 18.4. The van der Waals surface area contributed by atoms with Crippen LogP contribution in [-0.2, 0) is 4.79 Å². The van der Waals surface area contributed by atoms with Gasteiger partial charge in [-0.15, -0.1) is 0 Å². The van der Waals surface area contributed by atoms with E-state index in [2.05, 4.69) is 6.58 Å². The minimum absolute atomic E-state index is 0.287. The highest BCUT2D eigenvalue weighted by molar-refractivity contribution is 6.04. The molecule has 0 spiro atoms. The first-order chi connectivity index (χ1) is 5.61. The quantitative estimate of drug-likeness (QED) is 0.606. The van der Waals surface area contributed by atoms with Crippen molar-refractivity contribution < 1.29 is 15.0 Å². The zero-order chi connectivity index (χ0) is 9.14. The lowest BCUT2D eigenvalue weighted by molar-refractivity contribution is -0.132. The first kappa shape index (κ1) is 8.33. The molecule has 0 bridgehead atoms. The van der Waals surface area contributed by atoms with Crippen molar-refractivity contribution in [3.63, 3.8) is 0 Å². The molecule has 0 aliphatic carbocycles. The normalized spacial score (nSPS) is 9.33. The fourth-order valence-electron chi connectivity index (χ4n) is 0.786. The Morgan fingerprint density at radius 1 is 1.17 bits per heavy atom. The molecule has 0 saturated carbocycles. The van der Waals surface area contributed by atoms with Crippen molar-refractivity contribution in [2.45, 2.75) is 0 Å². The van der Waals surface area contributed by atoms with Gasteiger partial charge in [0.15, 0.2) is 0 Å².